The predicted molar refractivity (Wildman–Crippen MR) is 106 cm³/mol. The molecule has 0 saturated carbocycles. The van der Waals surface area contributed by atoms with Gasteiger partial charge in [-0.1, -0.05) is 30.3 Å². The number of hydrogen-bond donors (Lipinski definition) is 0. The molecule has 29 heavy (non-hydrogen) atoms. The summed E-state index contributed by atoms with van der Waals surface area (Å²) in [5.41, 5.74) is 1.13. The van der Waals surface area contributed by atoms with Gasteiger partial charge in [-0.15, -0.1) is 0 Å². The number of halogens is 1. The molecule has 2 heterocycles. The summed E-state index contributed by atoms with van der Waals surface area (Å²) in [6.45, 7) is 6.16. The highest BCUT2D eigenvalue weighted by molar-refractivity contribution is 5.75. The van der Waals surface area contributed by atoms with Crippen LogP contribution < -0.4 is 9.68 Å². The van der Waals surface area contributed by atoms with Gasteiger partial charge in [0.05, 0.1) is 6.54 Å². The van der Waals surface area contributed by atoms with Gasteiger partial charge in [0.25, 0.3) is 0 Å². The normalized spacial score (nSPS) is 19.1. The monoisotopic (exact) mass is 398 g/mol. The fourth-order valence-electron chi connectivity index (χ4n) is 3.28. The smallest absolute Gasteiger partial charge is 0.410 e. The fraction of sp³-hybridized carbons (Fsp3) is 0.318. The number of carbonyl (C=O) groups excluding carboxylic acids is 1. The molecule has 7 heteroatoms. The van der Waals surface area contributed by atoms with Crippen LogP contribution in [0.25, 0.3) is 5.57 Å². The first kappa shape index (κ1) is 19.3. The number of ether oxygens (including phenoxy) is 1. The van der Waals surface area contributed by atoms with Gasteiger partial charge in [0, 0.05) is 11.8 Å². The van der Waals surface area contributed by atoms with E-state index in [4.69, 9.17) is 14.4 Å². The Morgan fingerprint density at radius 2 is 1.69 bits per heavy atom. The Hall–Kier alpha value is -3.06. The topological polar surface area (TPSA) is 51.2 Å². The zero-order chi connectivity index (χ0) is 20.6. The van der Waals surface area contributed by atoms with Crippen molar-refractivity contribution in [2.24, 2.45) is 0 Å². The summed E-state index contributed by atoms with van der Waals surface area (Å²) in [7, 11) is 0. The summed E-state index contributed by atoms with van der Waals surface area (Å²) in [6.07, 6.45) is 1.51. The van der Waals surface area contributed by atoms with Gasteiger partial charge in [-0.2, -0.15) is 0 Å². The highest BCUT2D eigenvalue weighted by atomic mass is 19.1. The third-order valence-corrected chi connectivity index (χ3v) is 4.59. The van der Waals surface area contributed by atoms with Gasteiger partial charge in [0.15, 0.2) is 11.5 Å². The lowest BCUT2D eigenvalue weighted by molar-refractivity contribution is -0.244. The SMILES string of the molecule is CC(C)(C)OC(=O)N1CC=C(c2ccc(F)cc2)[C@@H](N2Oc3ccccc3O2)C1. The molecule has 1 atom stereocenters. The lowest BCUT2D eigenvalue weighted by atomic mass is 9.95. The molecule has 0 radical (unpaired) electrons. The molecule has 0 bridgehead atoms. The minimum absolute atomic E-state index is 0.298. The summed E-state index contributed by atoms with van der Waals surface area (Å²) >= 11 is 0. The number of para-hydroxylation sites is 2. The van der Waals surface area contributed by atoms with Crippen LogP contribution in [0.2, 0.25) is 0 Å². The molecule has 2 aliphatic rings. The molecule has 6 nitrogen and oxygen atoms in total. The Bertz CT molecular complexity index is 912. The molecule has 152 valence electrons. The quantitative estimate of drug-likeness (QED) is 0.749. The Morgan fingerprint density at radius 1 is 1.07 bits per heavy atom. The van der Waals surface area contributed by atoms with Crippen LogP contribution >= 0.6 is 0 Å². The molecule has 0 spiro atoms. The van der Waals surface area contributed by atoms with Gasteiger partial charge in [-0.3, -0.25) is 0 Å². The average molecular weight is 398 g/mol. The van der Waals surface area contributed by atoms with E-state index in [1.165, 1.54) is 17.4 Å². The second-order valence-corrected chi connectivity index (χ2v) is 7.98. The number of hydroxylamine groups is 2. The van der Waals surface area contributed by atoms with Crippen molar-refractivity contribution in [1.82, 2.24) is 10.1 Å². The van der Waals surface area contributed by atoms with Crippen LogP contribution in [0.3, 0.4) is 0 Å². The molecule has 0 unspecified atom stereocenters. The first-order valence-corrected chi connectivity index (χ1v) is 9.48. The number of rotatable bonds is 2. The Kier molecular flexibility index (Phi) is 4.92. The molecule has 2 aromatic carbocycles. The third-order valence-electron chi connectivity index (χ3n) is 4.59. The maximum Gasteiger partial charge on any atom is 0.410 e. The molecule has 0 aromatic heterocycles. The summed E-state index contributed by atoms with van der Waals surface area (Å²) in [5.74, 6) is 0.888. The van der Waals surface area contributed by atoms with E-state index in [1.54, 1.807) is 17.0 Å². The molecule has 0 saturated heterocycles. The molecule has 2 aromatic rings. The van der Waals surface area contributed by atoms with Crippen molar-refractivity contribution >= 4 is 11.7 Å². The Morgan fingerprint density at radius 3 is 2.28 bits per heavy atom. The average Bonchev–Trinajstić information content (AvgIpc) is 3.11. The second-order valence-electron chi connectivity index (χ2n) is 7.98. The third kappa shape index (κ3) is 4.19. The van der Waals surface area contributed by atoms with Crippen LogP contribution in [0.4, 0.5) is 9.18 Å². The van der Waals surface area contributed by atoms with E-state index in [-0.39, 0.29) is 5.82 Å². The van der Waals surface area contributed by atoms with Crippen LogP contribution in [-0.4, -0.2) is 41.0 Å². The van der Waals surface area contributed by atoms with Crippen LogP contribution in [0, 0.1) is 5.82 Å². The van der Waals surface area contributed by atoms with Crippen molar-refractivity contribution in [2.75, 3.05) is 13.1 Å². The molecule has 2 aliphatic heterocycles. The maximum atomic E-state index is 13.4. The van der Waals surface area contributed by atoms with Gasteiger partial charge in [-0.05, 0) is 56.2 Å². The number of amides is 1. The maximum absolute atomic E-state index is 13.4. The van der Waals surface area contributed by atoms with E-state index in [1.807, 2.05) is 51.1 Å². The van der Waals surface area contributed by atoms with Gasteiger partial charge in [0.1, 0.15) is 17.5 Å². The summed E-state index contributed by atoms with van der Waals surface area (Å²) in [5, 5.41) is 1.39. The lowest BCUT2D eigenvalue weighted by Gasteiger charge is -2.36. The van der Waals surface area contributed by atoms with Gasteiger partial charge in [-0.25, -0.2) is 9.18 Å². The molecular formula is C22H23FN2O4. The first-order chi connectivity index (χ1) is 13.8. The molecule has 4 rings (SSSR count). The van der Waals surface area contributed by atoms with E-state index in [0.717, 1.165) is 11.1 Å². The largest absolute Gasteiger partial charge is 0.444 e. The van der Waals surface area contributed by atoms with E-state index in [2.05, 4.69) is 0 Å². The Labute approximate surface area is 169 Å². The highest BCUT2D eigenvalue weighted by Gasteiger charge is 2.38. The summed E-state index contributed by atoms with van der Waals surface area (Å²) in [6, 6.07) is 13.2. The van der Waals surface area contributed by atoms with Crippen molar-refractivity contribution in [2.45, 2.75) is 32.4 Å². The van der Waals surface area contributed by atoms with E-state index >= 15 is 0 Å². The minimum Gasteiger partial charge on any atom is -0.444 e. The van der Waals surface area contributed by atoms with Crippen LogP contribution in [0.15, 0.2) is 54.6 Å². The van der Waals surface area contributed by atoms with E-state index < -0.39 is 17.7 Å². The fourth-order valence-corrected chi connectivity index (χ4v) is 3.28. The number of nitrogens with zero attached hydrogens (tertiary/aromatic N) is 2. The Balaban J connectivity index is 1.62. The van der Waals surface area contributed by atoms with Gasteiger partial charge in [0.2, 0.25) is 0 Å². The zero-order valence-corrected chi connectivity index (χ0v) is 16.6. The van der Waals surface area contributed by atoms with Crippen molar-refractivity contribution in [3.63, 3.8) is 0 Å². The van der Waals surface area contributed by atoms with Crippen LogP contribution in [-0.2, 0) is 4.74 Å². The molecular weight excluding hydrogens is 375 g/mol. The second kappa shape index (κ2) is 7.40. The zero-order valence-electron chi connectivity index (χ0n) is 16.6. The number of benzene rings is 2. The molecule has 1 amide bonds. The van der Waals surface area contributed by atoms with Crippen molar-refractivity contribution in [3.05, 3.63) is 66.0 Å². The highest BCUT2D eigenvalue weighted by Crippen LogP contribution is 2.37. The molecule has 0 aliphatic carbocycles. The molecule has 0 N–H and O–H groups in total. The van der Waals surface area contributed by atoms with Gasteiger partial charge < -0.3 is 19.3 Å². The van der Waals surface area contributed by atoms with Gasteiger partial charge >= 0.3 is 6.09 Å². The standard InChI is InChI=1S/C22H23FN2O4/c1-22(2,3)27-21(26)24-13-12-17(15-8-10-16(23)11-9-15)18(14-24)25-28-19-6-4-5-7-20(19)29-25/h4-12,18H,13-14H2,1-3H3/t18-/m0/s1. The molecule has 0 fully saturated rings. The summed E-state index contributed by atoms with van der Waals surface area (Å²) in [4.78, 5) is 25.9. The minimum atomic E-state index is -0.593. The van der Waals surface area contributed by atoms with Crippen molar-refractivity contribution < 1.29 is 23.6 Å². The number of hydrogen-bond acceptors (Lipinski definition) is 5. The van der Waals surface area contributed by atoms with E-state index in [0.29, 0.717) is 24.6 Å². The lowest BCUT2D eigenvalue weighted by Crippen LogP contribution is -2.51. The number of carbonyl (C=O) groups is 1. The van der Waals surface area contributed by atoms with Crippen LogP contribution in [0.1, 0.15) is 26.3 Å². The first-order valence-electron chi connectivity index (χ1n) is 9.48. The van der Waals surface area contributed by atoms with E-state index in [9.17, 15) is 9.18 Å². The van der Waals surface area contributed by atoms with Crippen molar-refractivity contribution in [3.8, 4) is 11.5 Å². The van der Waals surface area contributed by atoms with Crippen molar-refractivity contribution in [1.29, 1.82) is 0 Å². The summed E-state index contributed by atoms with van der Waals surface area (Å²) < 4.78 is 18.9. The van der Waals surface area contributed by atoms with Crippen LogP contribution in [0.5, 0.6) is 11.5 Å². The predicted octanol–water partition coefficient (Wildman–Crippen LogP) is 4.43. The number of fused-ring (bicyclic) bond motifs is 1.